The minimum atomic E-state index is -0.223. The van der Waals surface area contributed by atoms with Crippen molar-refractivity contribution in [3.63, 3.8) is 0 Å². The van der Waals surface area contributed by atoms with Crippen molar-refractivity contribution >= 4 is 5.96 Å². The Kier molecular flexibility index (Phi) is 13.1. The van der Waals surface area contributed by atoms with Crippen LogP contribution in [0.4, 0.5) is 4.39 Å². The maximum Gasteiger partial charge on any atom is 0.191 e. The molecule has 0 aliphatic carbocycles. The van der Waals surface area contributed by atoms with E-state index in [9.17, 15) is 4.39 Å². The highest BCUT2D eigenvalue weighted by molar-refractivity contribution is 5.79. The number of benzene rings is 1. The molecule has 1 aromatic carbocycles. The third kappa shape index (κ3) is 10.4. The van der Waals surface area contributed by atoms with Crippen molar-refractivity contribution in [2.45, 2.75) is 32.7 Å². The predicted molar refractivity (Wildman–Crippen MR) is 122 cm³/mol. The van der Waals surface area contributed by atoms with Gasteiger partial charge in [-0.15, -0.1) is 0 Å². The first-order valence-electron chi connectivity index (χ1n) is 11.5. The second-order valence-electron chi connectivity index (χ2n) is 7.44. The first kappa shape index (κ1) is 25.5. The van der Waals surface area contributed by atoms with E-state index in [4.69, 9.17) is 19.2 Å². The molecule has 1 fully saturated rings. The second-order valence-corrected chi connectivity index (χ2v) is 7.44. The minimum absolute atomic E-state index is 0.0801. The number of nitrogens with one attached hydrogen (secondary N) is 2. The molecule has 0 amide bonds. The number of ether oxygens (including phenoxy) is 3. The molecular formula is C23H39FN4O3. The average Bonchev–Trinajstić information content (AvgIpc) is 2.80. The van der Waals surface area contributed by atoms with Crippen molar-refractivity contribution in [3.8, 4) is 0 Å². The minimum Gasteiger partial charge on any atom is -0.379 e. The van der Waals surface area contributed by atoms with Crippen LogP contribution < -0.4 is 10.6 Å². The molecule has 1 heterocycles. The van der Waals surface area contributed by atoms with E-state index in [2.05, 4.69) is 22.5 Å². The van der Waals surface area contributed by atoms with Crippen LogP contribution in [0.2, 0.25) is 0 Å². The van der Waals surface area contributed by atoms with E-state index in [-0.39, 0.29) is 11.9 Å². The molecule has 1 atom stereocenters. The first-order valence-corrected chi connectivity index (χ1v) is 11.5. The highest BCUT2D eigenvalue weighted by Crippen LogP contribution is 2.22. The second kappa shape index (κ2) is 16.0. The first-order chi connectivity index (χ1) is 15.2. The van der Waals surface area contributed by atoms with Crippen LogP contribution in [0, 0.1) is 5.82 Å². The Labute approximate surface area is 186 Å². The molecule has 176 valence electrons. The van der Waals surface area contributed by atoms with Crippen LogP contribution >= 0.6 is 0 Å². The molecule has 0 bridgehead atoms. The molecule has 1 saturated heterocycles. The topological polar surface area (TPSA) is 67.4 Å². The van der Waals surface area contributed by atoms with Crippen LogP contribution in [0.15, 0.2) is 29.3 Å². The van der Waals surface area contributed by atoms with E-state index in [0.29, 0.717) is 46.1 Å². The molecule has 2 rings (SSSR count). The summed E-state index contributed by atoms with van der Waals surface area (Å²) in [6.07, 6.45) is 2.23. The average molecular weight is 439 g/mol. The third-order valence-corrected chi connectivity index (χ3v) is 5.06. The number of morpholine rings is 1. The van der Waals surface area contributed by atoms with Crippen molar-refractivity contribution in [1.29, 1.82) is 0 Å². The van der Waals surface area contributed by atoms with Gasteiger partial charge in [-0.05, 0) is 31.0 Å². The van der Waals surface area contributed by atoms with E-state index in [1.807, 2.05) is 19.1 Å². The molecule has 0 aromatic heterocycles. The molecule has 1 aliphatic rings. The molecule has 8 heteroatoms. The zero-order chi connectivity index (χ0) is 22.2. The van der Waals surface area contributed by atoms with Gasteiger partial charge in [0.05, 0.1) is 45.6 Å². The summed E-state index contributed by atoms with van der Waals surface area (Å²) in [6.45, 7) is 11.9. The molecule has 1 aliphatic heterocycles. The Balaban J connectivity index is 1.84. The van der Waals surface area contributed by atoms with Gasteiger partial charge in [0.25, 0.3) is 0 Å². The molecule has 0 radical (unpaired) electrons. The summed E-state index contributed by atoms with van der Waals surface area (Å²) >= 11 is 0. The summed E-state index contributed by atoms with van der Waals surface area (Å²) in [5.74, 6) is 0.532. The van der Waals surface area contributed by atoms with Gasteiger partial charge in [-0.1, -0.05) is 25.5 Å². The highest BCUT2D eigenvalue weighted by Gasteiger charge is 2.22. The van der Waals surface area contributed by atoms with Gasteiger partial charge < -0.3 is 24.8 Å². The zero-order valence-corrected chi connectivity index (χ0v) is 19.1. The fourth-order valence-electron chi connectivity index (χ4n) is 3.34. The van der Waals surface area contributed by atoms with Crippen molar-refractivity contribution in [3.05, 3.63) is 35.6 Å². The molecule has 1 unspecified atom stereocenters. The number of halogens is 1. The highest BCUT2D eigenvalue weighted by atomic mass is 19.1. The monoisotopic (exact) mass is 438 g/mol. The number of nitrogens with zero attached hydrogens (tertiary/aromatic N) is 2. The summed E-state index contributed by atoms with van der Waals surface area (Å²) in [5, 5.41) is 6.60. The van der Waals surface area contributed by atoms with Gasteiger partial charge in [-0.25, -0.2) is 4.39 Å². The Morgan fingerprint density at radius 3 is 2.45 bits per heavy atom. The summed E-state index contributed by atoms with van der Waals surface area (Å²) < 4.78 is 30.0. The van der Waals surface area contributed by atoms with Gasteiger partial charge in [-0.2, -0.15) is 0 Å². The lowest BCUT2D eigenvalue weighted by molar-refractivity contribution is 0.0179. The van der Waals surface area contributed by atoms with Crippen molar-refractivity contribution in [1.82, 2.24) is 15.5 Å². The molecular weight excluding hydrogens is 399 g/mol. The van der Waals surface area contributed by atoms with Crippen LogP contribution in [0.25, 0.3) is 0 Å². The van der Waals surface area contributed by atoms with Crippen LogP contribution in [0.3, 0.4) is 0 Å². The molecule has 31 heavy (non-hydrogen) atoms. The van der Waals surface area contributed by atoms with Crippen molar-refractivity contribution in [2.75, 3.05) is 72.4 Å². The summed E-state index contributed by atoms with van der Waals surface area (Å²) in [4.78, 5) is 7.15. The van der Waals surface area contributed by atoms with E-state index in [0.717, 1.165) is 50.6 Å². The van der Waals surface area contributed by atoms with Crippen LogP contribution in [-0.2, 0) is 14.2 Å². The smallest absolute Gasteiger partial charge is 0.191 e. The Morgan fingerprint density at radius 1 is 1.06 bits per heavy atom. The number of hydrogen-bond donors (Lipinski definition) is 2. The van der Waals surface area contributed by atoms with Crippen LogP contribution in [0.1, 0.15) is 38.3 Å². The van der Waals surface area contributed by atoms with E-state index < -0.39 is 0 Å². The van der Waals surface area contributed by atoms with E-state index in [1.54, 1.807) is 0 Å². The summed E-state index contributed by atoms with van der Waals surface area (Å²) in [5.41, 5.74) is 1.06. The Morgan fingerprint density at radius 2 is 1.77 bits per heavy atom. The normalized spacial score (nSPS) is 16.3. The number of rotatable bonds is 14. The number of hydrogen-bond acceptors (Lipinski definition) is 5. The maximum absolute atomic E-state index is 13.4. The fraction of sp³-hybridized carbons (Fsp3) is 0.696. The van der Waals surface area contributed by atoms with E-state index in [1.165, 1.54) is 12.1 Å². The summed E-state index contributed by atoms with van der Waals surface area (Å²) in [7, 11) is 0. The number of guanidine groups is 1. The lowest BCUT2D eigenvalue weighted by atomic mass is 10.0. The SMILES string of the molecule is CCCCOCCOCCNC(=NCC(c1ccc(F)cc1)N1CCOCC1)NCC. The molecule has 2 N–H and O–H groups in total. The lowest BCUT2D eigenvalue weighted by Gasteiger charge is -2.34. The standard InChI is InChI=1S/C23H39FN4O3/c1-3-5-13-29-17-18-30-14-10-26-23(25-4-2)27-19-22(28-11-15-31-16-12-28)20-6-8-21(24)9-7-20/h6-9,22H,3-5,10-19H2,1-2H3,(H2,25,26,27). The van der Waals surface area contributed by atoms with Gasteiger partial charge in [0.15, 0.2) is 5.96 Å². The maximum atomic E-state index is 13.4. The van der Waals surface area contributed by atoms with Crippen LogP contribution in [0.5, 0.6) is 0 Å². The Hall–Kier alpha value is -1.74. The molecule has 0 saturated carbocycles. The van der Waals surface area contributed by atoms with Crippen molar-refractivity contribution < 1.29 is 18.6 Å². The molecule has 1 aromatic rings. The quantitative estimate of drug-likeness (QED) is 0.264. The largest absolute Gasteiger partial charge is 0.379 e. The number of aliphatic imine (C=N–C) groups is 1. The zero-order valence-electron chi connectivity index (χ0n) is 19.1. The van der Waals surface area contributed by atoms with Gasteiger partial charge >= 0.3 is 0 Å². The van der Waals surface area contributed by atoms with Gasteiger partial charge in [0.2, 0.25) is 0 Å². The predicted octanol–water partition coefficient (Wildman–Crippen LogP) is 2.59. The van der Waals surface area contributed by atoms with Crippen LogP contribution in [-0.4, -0.2) is 83.2 Å². The van der Waals surface area contributed by atoms with E-state index >= 15 is 0 Å². The Bertz CT molecular complexity index is 609. The van der Waals surface area contributed by atoms with Gasteiger partial charge in [0.1, 0.15) is 5.82 Å². The molecule has 7 nitrogen and oxygen atoms in total. The van der Waals surface area contributed by atoms with Gasteiger partial charge in [-0.3, -0.25) is 9.89 Å². The van der Waals surface area contributed by atoms with Gasteiger partial charge in [0, 0.05) is 32.8 Å². The lowest BCUT2D eigenvalue weighted by Crippen LogP contribution is -2.42. The number of unbranched alkanes of at least 4 members (excludes halogenated alkanes) is 1. The fourth-order valence-corrected chi connectivity index (χ4v) is 3.34. The summed E-state index contributed by atoms with van der Waals surface area (Å²) in [6, 6.07) is 6.80. The molecule has 0 spiro atoms. The van der Waals surface area contributed by atoms with Crippen molar-refractivity contribution in [2.24, 2.45) is 4.99 Å². The third-order valence-electron chi connectivity index (χ3n) is 5.06.